The Labute approximate surface area is 345 Å². The maximum absolute atomic E-state index is 6.31. The quantitative estimate of drug-likeness (QED) is 0.161. The highest BCUT2D eigenvalue weighted by Crippen LogP contribution is 2.53. The molecule has 9 aromatic carbocycles. The monoisotopic (exact) mass is 755 g/mol. The van der Waals surface area contributed by atoms with Gasteiger partial charge in [0.05, 0.1) is 5.69 Å². The summed E-state index contributed by atoms with van der Waals surface area (Å²) in [5.74, 6) is 0. The third-order valence-electron chi connectivity index (χ3n) is 12.3. The highest BCUT2D eigenvalue weighted by Gasteiger charge is 2.36. The number of para-hydroxylation sites is 1. The van der Waals surface area contributed by atoms with Gasteiger partial charge in [-0.1, -0.05) is 184 Å². The zero-order chi connectivity index (χ0) is 39.5. The second kappa shape index (κ2) is 13.9. The van der Waals surface area contributed by atoms with E-state index in [9.17, 15) is 0 Å². The van der Waals surface area contributed by atoms with Crippen molar-refractivity contribution in [3.8, 4) is 55.6 Å². The number of nitrogens with zero attached hydrogens (tertiary/aromatic N) is 1. The molecule has 0 radical (unpaired) electrons. The molecule has 0 saturated carbocycles. The first kappa shape index (κ1) is 34.8. The lowest BCUT2D eigenvalue weighted by Crippen LogP contribution is -2.17. The van der Waals surface area contributed by atoms with Crippen LogP contribution in [0.25, 0.3) is 77.6 Å². The first-order chi connectivity index (χ1) is 29.0. The van der Waals surface area contributed by atoms with E-state index >= 15 is 0 Å². The smallest absolute Gasteiger partial charge is 0.136 e. The molecule has 59 heavy (non-hydrogen) atoms. The van der Waals surface area contributed by atoms with E-state index in [1.165, 1.54) is 55.6 Å². The predicted octanol–water partition coefficient (Wildman–Crippen LogP) is 16.0. The topological polar surface area (TPSA) is 16.4 Å². The van der Waals surface area contributed by atoms with Crippen molar-refractivity contribution in [2.45, 2.75) is 19.3 Å². The molecule has 0 atom stereocenters. The Morgan fingerprint density at radius 2 is 0.915 bits per heavy atom. The highest BCUT2D eigenvalue weighted by molar-refractivity contribution is 6.12. The SMILES string of the molecule is CC1(C)c2ccccc2-c2ccc(N(c3ccc(-c4cccc5oc6ccccc6c45)cc3)c3cccc(-c4ccccc4)c3-c3ccccc3-c3ccccc3)cc21. The van der Waals surface area contributed by atoms with E-state index < -0.39 is 0 Å². The lowest BCUT2D eigenvalue weighted by Gasteiger charge is -2.31. The Hall–Kier alpha value is -7.42. The van der Waals surface area contributed by atoms with Gasteiger partial charge in [0.15, 0.2) is 0 Å². The van der Waals surface area contributed by atoms with Crippen LogP contribution in [0.4, 0.5) is 17.1 Å². The lowest BCUT2D eigenvalue weighted by atomic mass is 9.82. The van der Waals surface area contributed by atoms with Crippen LogP contribution < -0.4 is 4.90 Å². The second-order valence-electron chi connectivity index (χ2n) is 16.0. The molecule has 0 bridgehead atoms. The van der Waals surface area contributed by atoms with E-state index in [1.54, 1.807) is 0 Å². The number of furan rings is 1. The summed E-state index contributed by atoms with van der Waals surface area (Å²) in [6.45, 7) is 4.72. The molecule has 2 nitrogen and oxygen atoms in total. The van der Waals surface area contributed by atoms with Gasteiger partial charge in [-0.15, -0.1) is 0 Å². The Balaban J connectivity index is 1.16. The fourth-order valence-electron chi connectivity index (χ4n) is 9.50. The van der Waals surface area contributed by atoms with Gasteiger partial charge < -0.3 is 9.32 Å². The van der Waals surface area contributed by atoms with Gasteiger partial charge in [-0.3, -0.25) is 0 Å². The molecule has 280 valence electrons. The van der Waals surface area contributed by atoms with Crippen molar-refractivity contribution in [1.29, 1.82) is 0 Å². The zero-order valence-corrected chi connectivity index (χ0v) is 33.1. The number of hydrogen-bond donors (Lipinski definition) is 0. The number of fused-ring (bicyclic) bond motifs is 6. The van der Waals surface area contributed by atoms with Crippen molar-refractivity contribution in [3.05, 3.63) is 223 Å². The molecule has 1 heterocycles. The van der Waals surface area contributed by atoms with E-state index in [2.05, 4.69) is 219 Å². The average molecular weight is 756 g/mol. The van der Waals surface area contributed by atoms with Gasteiger partial charge in [0.1, 0.15) is 11.2 Å². The second-order valence-corrected chi connectivity index (χ2v) is 16.0. The molecule has 0 saturated heterocycles. The van der Waals surface area contributed by atoms with Gasteiger partial charge in [-0.05, 0) is 104 Å². The fourth-order valence-corrected chi connectivity index (χ4v) is 9.50. The van der Waals surface area contributed by atoms with Crippen LogP contribution >= 0.6 is 0 Å². The van der Waals surface area contributed by atoms with Gasteiger partial charge in [0.25, 0.3) is 0 Å². The van der Waals surface area contributed by atoms with Crippen molar-refractivity contribution in [3.63, 3.8) is 0 Å². The molecule has 0 aliphatic heterocycles. The molecule has 0 unspecified atom stereocenters. The van der Waals surface area contributed by atoms with Gasteiger partial charge in [0.2, 0.25) is 0 Å². The van der Waals surface area contributed by atoms with Crippen molar-refractivity contribution < 1.29 is 4.42 Å². The molecule has 0 amide bonds. The van der Waals surface area contributed by atoms with Crippen LogP contribution in [-0.4, -0.2) is 0 Å². The van der Waals surface area contributed by atoms with Crippen LogP contribution in [0.5, 0.6) is 0 Å². The van der Waals surface area contributed by atoms with Gasteiger partial charge >= 0.3 is 0 Å². The molecular formula is C57H41NO. The summed E-state index contributed by atoms with van der Waals surface area (Å²) in [5.41, 5.74) is 19.7. The van der Waals surface area contributed by atoms with Crippen LogP contribution in [0.15, 0.2) is 217 Å². The zero-order valence-electron chi connectivity index (χ0n) is 33.1. The minimum Gasteiger partial charge on any atom is -0.456 e. The highest BCUT2D eigenvalue weighted by atomic mass is 16.3. The summed E-state index contributed by atoms with van der Waals surface area (Å²) in [6, 6.07) is 77.0. The normalized spacial score (nSPS) is 12.7. The molecule has 1 aromatic heterocycles. The third kappa shape index (κ3) is 5.71. The largest absolute Gasteiger partial charge is 0.456 e. The molecule has 1 aliphatic carbocycles. The molecule has 2 heteroatoms. The average Bonchev–Trinajstić information content (AvgIpc) is 3.79. The van der Waals surface area contributed by atoms with Crippen LogP contribution in [0.2, 0.25) is 0 Å². The number of benzene rings is 9. The Morgan fingerprint density at radius 1 is 0.373 bits per heavy atom. The minimum atomic E-state index is -0.155. The van der Waals surface area contributed by atoms with E-state index in [0.29, 0.717) is 0 Å². The first-order valence-corrected chi connectivity index (χ1v) is 20.4. The Bertz CT molecular complexity index is 3170. The summed E-state index contributed by atoms with van der Waals surface area (Å²) < 4.78 is 6.31. The molecular weight excluding hydrogens is 715 g/mol. The van der Waals surface area contributed by atoms with Crippen molar-refractivity contribution >= 4 is 39.0 Å². The van der Waals surface area contributed by atoms with E-state index in [-0.39, 0.29) is 5.41 Å². The molecule has 1 aliphatic rings. The van der Waals surface area contributed by atoms with Crippen LogP contribution in [0.3, 0.4) is 0 Å². The molecule has 0 N–H and O–H groups in total. The van der Waals surface area contributed by atoms with E-state index in [4.69, 9.17) is 4.42 Å². The third-order valence-corrected chi connectivity index (χ3v) is 12.3. The lowest BCUT2D eigenvalue weighted by molar-refractivity contribution is 0.660. The Morgan fingerprint density at radius 3 is 1.69 bits per heavy atom. The van der Waals surface area contributed by atoms with Crippen molar-refractivity contribution in [2.75, 3.05) is 4.90 Å². The van der Waals surface area contributed by atoms with Crippen LogP contribution in [-0.2, 0) is 5.41 Å². The predicted molar refractivity (Wildman–Crippen MR) is 248 cm³/mol. The number of anilines is 3. The van der Waals surface area contributed by atoms with E-state index in [0.717, 1.165) is 50.1 Å². The van der Waals surface area contributed by atoms with Gasteiger partial charge in [0, 0.05) is 33.1 Å². The minimum absolute atomic E-state index is 0.155. The maximum atomic E-state index is 6.31. The molecule has 11 rings (SSSR count). The summed E-state index contributed by atoms with van der Waals surface area (Å²) in [6.07, 6.45) is 0. The van der Waals surface area contributed by atoms with Gasteiger partial charge in [-0.25, -0.2) is 0 Å². The fraction of sp³-hybridized carbons (Fsp3) is 0.0526. The molecule has 0 fully saturated rings. The molecule has 0 spiro atoms. The summed E-state index contributed by atoms with van der Waals surface area (Å²) in [7, 11) is 0. The van der Waals surface area contributed by atoms with Gasteiger partial charge in [-0.2, -0.15) is 0 Å². The van der Waals surface area contributed by atoms with Crippen molar-refractivity contribution in [2.24, 2.45) is 0 Å². The van der Waals surface area contributed by atoms with E-state index in [1.807, 2.05) is 12.1 Å². The number of rotatable bonds is 7. The van der Waals surface area contributed by atoms with Crippen molar-refractivity contribution in [1.82, 2.24) is 0 Å². The van der Waals surface area contributed by atoms with Crippen LogP contribution in [0, 0.1) is 0 Å². The maximum Gasteiger partial charge on any atom is 0.136 e. The summed E-state index contributed by atoms with van der Waals surface area (Å²) >= 11 is 0. The first-order valence-electron chi connectivity index (χ1n) is 20.4. The Kier molecular flexibility index (Phi) is 8.20. The summed E-state index contributed by atoms with van der Waals surface area (Å²) in [4.78, 5) is 2.47. The number of hydrogen-bond acceptors (Lipinski definition) is 2. The standard InChI is InChI=1S/C57H41NO/c1-57(2)50-27-13-11-22-46(50)47-36-35-42(37-51(47)57)58(41-33-31-40(32-34-41)45-26-16-30-54-56(45)49-24-12-14-29-53(49)59-54)52-28-15-25-44(39-19-7-4-8-20-39)55(52)48-23-10-9-21-43(48)38-17-5-3-6-18-38/h3-37H,1-2H3. The molecule has 10 aromatic rings. The summed E-state index contributed by atoms with van der Waals surface area (Å²) in [5, 5.41) is 2.27. The van der Waals surface area contributed by atoms with Crippen LogP contribution in [0.1, 0.15) is 25.0 Å².